The van der Waals surface area contributed by atoms with Crippen molar-refractivity contribution in [3.63, 3.8) is 0 Å². The molecule has 1 N–H and O–H groups in total. The van der Waals surface area contributed by atoms with Crippen molar-refractivity contribution < 1.29 is 9.59 Å². The van der Waals surface area contributed by atoms with E-state index in [-0.39, 0.29) is 23.6 Å². The Balaban J connectivity index is 1.85. The molecule has 2 amide bonds. The molecule has 7 heteroatoms. The average Bonchev–Trinajstić information content (AvgIpc) is 2.88. The molecule has 3 aromatic rings. The minimum absolute atomic E-state index is 0.0171. The standard InChI is InChI=1S/C30H34Cl2N2O2S/c1-4-22(3)33-30(36)28(16-23-8-6-5-7-9-23)34(18-24-12-10-21(2)11-13-24)29(35)20-37-19-25-14-15-26(31)17-27(25)32/h5-15,17,22,28H,4,16,18-20H2,1-3H3,(H,33,36). The summed E-state index contributed by atoms with van der Waals surface area (Å²) < 4.78 is 0. The van der Waals surface area contributed by atoms with E-state index in [1.54, 1.807) is 17.0 Å². The predicted molar refractivity (Wildman–Crippen MR) is 156 cm³/mol. The molecule has 3 aromatic carbocycles. The molecule has 0 aliphatic heterocycles. The third kappa shape index (κ3) is 9.10. The molecule has 0 spiro atoms. The number of halogens is 2. The van der Waals surface area contributed by atoms with Crippen LogP contribution in [0, 0.1) is 6.92 Å². The third-order valence-electron chi connectivity index (χ3n) is 6.24. The minimum Gasteiger partial charge on any atom is -0.352 e. The van der Waals surface area contributed by atoms with Crippen molar-refractivity contribution in [2.75, 3.05) is 5.75 Å². The Labute approximate surface area is 234 Å². The molecule has 0 aliphatic rings. The number of rotatable bonds is 12. The summed E-state index contributed by atoms with van der Waals surface area (Å²) in [4.78, 5) is 29.0. The molecule has 0 saturated carbocycles. The predicted octanol–water partition coefficient (Wildman–Crippen LogP) is 7.09. The van der Waals surface area contributed by atoms with Gasteiger partial charge in [0.1, 0.15) is 6.04 Å². The van der Waals surface area contributed by atoms with Gasteiger partial charge in [0.05, 0.1) is 5.75 Å². The van der Waals surface area contributed by atoms with Crippen LogP contribution in [0.1, 0.15) is 42.5 Å². The molecule has 0 aliphatic carbocycles. The number of hydrogen-bond donors (Lipinski definition) is 1. The fourth-order valence-corrected chi connectivity index (χ4v) is 5.32. The van der Waals surface area contributed by atoms with Crippen LogP contribution in [-0.4, -0.2) is 34.6 Å². The number of nitrogens with one attached hydrogen (secondary N) is 1. The Morgan fingerprint density at radius 1 is 0.973 bits per heavy atom. The second kappa shape index (κ2) is 14.5. The Morgan fingerprint density at radius 3 is 2.32 bits per heavy atom. The van der Waals surface area contributed by atoms with Gasteiger partial charge in [0.2, 0.25) is 11.8 Å². The van der Waals surface area contributed by atoms with Gasteiger partial charge in [-0.05, 0) is 49.1 Å². The molecule has 37 heavy (non-hydrogen) atoms. The van der Waals surface area contributed by atoms with E-state index in [0.717, 1.165) is 28.7 Å². The highest BCUT2D eigenvalue weighted by Gasteiger charge is 2.30. The molecule has 0 aromatic heterocycles. The average molecular weight is 558 g/mol. The number of carbonyl (C=O) groups excluding carboxylic acids is 2. The van der Waals surface area contributed by atoms with Crippen molar-refractivity contribution in [2.24, 2.45) is 0 Å². The summed E-state index contributed by atoms with van der Waals surface area (Å²) >= 11 is 13.8. The normalized spacial score (nSPS) is 12.6. The first-order valence-electron chi connectivity index (χ1n) is 12.5. The number of aryl methyl sites for hydroxylation is 1. The highest BCUT2D eigenvalue weighted by Crippen LogP contribution is 2.25. The van der Waals surface area contributed by atoms with Gasteiger partial charge in [-0.3, -0.25) is 9.59 Å². The van der Waals surface area contributed by atoms with Crippen molar-refractivity contribution in [3.05, 3.63) is 105 Å². The van der Waals surface area contributed by atoms with Crippen molar-refractivity contribution in [3.8, 4) is 0 Å². The summed E-state index contributed by atoms with van der Waals surface area (Å²) in [5.41, 5.74) is 4.06. The van der Waals surface area contributed by atoms with Gasteiger partial charge in [-0.25, -0.2) is 0 Å². The quantitative estimate of drug-likeness (QED) is 0.259. The highest BCUT2D eigenvalue weighted by atomic mass is 35.5. The van der Waals surface area contributed by atoms with Gasteiger partial charge in [-0.2, -0.15) is 0 Å². The number of benzene rings is 3. The summed E-state index contributed by atoms with van der Waals surface area (Å²) in [5, 5.41) is 4.27. The fourth-order valence-electron chi connectivity index (χ4n) is 3.86. The monoisotopic (exact) mass is 556 g/mol. The molecule has 0 fully saturated rings. The third-order valence-corrected chi connectivity index (χ3v) is 7.80. The highest BCUT2D eigenvalue weighted by molar-refractivity contribution is 7.99. The smallest absolute Gasteiger partial charge is 0.243 e. The lowest BCUT2D eigenvalue weighted by Crippen LogP contribution is -2.52. The summed E-state index contributed by atoms with van der Waals surface area (Å²) in [6.07, 6.45) is 1.25. The molecule has 0 saturated heterocycles. The van der Waals surface area contributed by atoms with Crippen LogP contribution >= 0.6 is 35.0 Å². The van der Waals surface area contributed by atoms with Crippen molar-refractivity contribution in [1.82, 2.24) is 10.2 Å². The number of carbonyl (C=O) groups is 2. The van der Waals surface area contributed by atoms with Crippen LogP contribution in [0.15, 0.2) is 72.8 Å². The summed E-state index contributed by atoms with van der Waals surface area (Å²) in [6.45, 7) is 6.40. The molecule has 2 atom stereocenters. The van der Waals surface area contributed by atoms with Crippen LogP contribution in [0.2, 0.25) is 10.0 Å². The Kier molecular flexibility index (Phi) is 11.4. The molecule has 0 heterocycles. The van der Waals surface area contributed by atoms with E-state index < -0.39 is 6.04 Å². The zero-order valence-electron chi connectivity index (χ0n) is 21.5. The van der Waals surface area contributed by atoms with Gasteiger partial charge < -0.3 is 10.2 Å². The Bertz CT molecular complexity index is 1170. The lowest BCUT2D eigenvalue weighted by atomic mass is 10.0. The van der Waals surface area contributed by atoms with Gasteiger partial charge in [0, 0.05) is 34.8 Å². The molecule has 0 bridgehead atoms. The van der Waals surface area contributed by atoms with Crippen molar-refractivity contribution in [2.45, 2.75) is 58.0 Å². The van der Waals surface area contributed by atoms with Gasteiger partial charge >= 0.3 is 0 Å². The SMILES string of the molecule is CCC(C)NC(=O)C(Cc1ccccc1)N(Cc1ccc(C)cc1)C(=O)CSCc1ccc(Cl)cc1Cl. The van der Waals surface area contributed by atoms with Gasteiger partial charge in [-0.15, -0.1) is 11.8 Å². The van der Waals surface area contributed by atoms with Crippen LogP contribution in [0.25, 0.3) is 0 Å². The molecular weight excluding hydrogens is 523 g/mol. The topological polar surface area (TPSA) is 49.4 Å². The second-order valence-corrected chi connectivity index (χ2v) is 11.1. The summed E-state index contributed by atoms with van der Waals surface area (Å²) in [5.74, 6) is 0.579. The molecule has 2 unspecified atom stereocenters. The first-order chi connectivity index (χ1) is 17.8. The van der Waals surface area contributed by atoms with Crippen molar-refractivity contribution in [1.29, 1.82) is 0 Å². The lowest BCUT2D eigenvalue weighted by Gasteiger charge is -2.32. The maximum absolute atomic E-state index is 13.7. The Hall–Kier alpha value is -2.47. The largest absolute Gasteiger partial charge is 0.352 e. The molecule has 4 nitrogen and oxygen atoms in total. The molecule has 0 radical (unpaired) electrons. The van der Waals surface area contributed by atoms with Crippen LogP contribution in [0.3, 0.4) is 0 Å². The van der Waals surface area contributed by atoms with E-state index in [2.05, 4.69) is 5.32 Å². The fraction of sp³-hybridized carbons (Fsp3) is 0.333. The number of thioether (sulfide) groups is 1. The number of nitrogens with zero attached hydrogens (tertiary/aromatic N) is 1. The zero-order valence-corrected chi connectivity index (χ0v) is 23.9. The molecule has 196 valence electrons. The lowest BCUT2D eigenvalue weighted by molar-refractivity contribution is -0.139. The van der Waals surface area contributed by atoms with E-state index in [4.69, 9.17) is 23.2 Å². The van der Waals surface area contributed by atoms with E-state index in [1.165, 1.54) is 11.8 Å². The molecule has 3 rings (SSSR count). The maximum atomic E-state index is 13.7. The van der Waals surface area contributed by atoms with E-state index in [9.17, 15) is 9.59 Å². The van der Waals surface area contributed by atoms with Gasteiger partial charge in [-0.1, -0.05) is 96.4 Å². The molecular formula is C30H34Cl2N2O2S. The van der Waals surface area contributed by atoms with Crippen LogP contribution in [-0.2, 0) is 28.3 Å². The number of hydrogen-bond acceptors (Lipinski definition) is 3. The Morgan fingerprint density at radius 2 is 1.68 bits per heavy atom. The minimum atomic E-state index is -0.634. The first-order valence-corrected chi connectivity index (χ1v) is 14.4. The van der Waals surface area contributed by atoms with E-state index >= 15 is 0 Å². The second-order valence-electron chi connectivity index (χ2n) is 9.26. The zero-order chi connectivity index (χ0) is 26.8. The summed E-state index contributed by atoms with van der Waals surface area (Å²) in [6, 6.07) is 22.7. The van der Waals surface area contributed by atoms with Gasteiger partial charge in [0.15, 0.2) is 0 Å². The van der Waals surface area contributed by atoms with Crippen molar-refractivity contribution >= 4 is 46.8 Å². The van der Waals surface area contributed by atoms with Crippen LogP contribution in [0.4, 0.5) is 0 Å². The van der Waals surface area contributed by atoms with Crippen LogP contribution in [0.5, 0.6) is 0 Å². The van der Waals surface area contributed by atoms with E-state index in [0.29, 0.717) is 28.8 Å². The first kappa shape index (κ1) is 29.1. The summed E-state index contributed by atoms with van der Waals surface area (Å²) in [7, 11) is 0. The van der Waals surface area contributed by atoms with Gasteiger partial charge in [0.25, 0.3) is 0 Å². The van der Waals surface area contributed by atoms with Crippen LogP contribution < -0.4 is 5.32 Å². The maximum Gasteiger partial charge on any atom is 0.243 e. The number of amides is 2. The van der Waals surface area contributed by atoms with E-state index in [1.807, 2.05) is 81.4 Å².